The minimum atomic E-state index is -4.18. The molecule has 1 aromatic heterocycles. The van der Waals surface area contributed by atoms with Gasteiger partial charge in [-0.2, -0.15) is 18.2 Å². The summed E-state index contributed by atoms with van der Waals surface area (Å²) in [6.45, 7) is 0.497. The standard InChI is InChI=1S/C17H25F3N4O3/c1-22-14-13(21)9-12(16(24-14)27-8-7-26-2)15(25)23-11-5-3-10(4-6-11)17(18,19)20/h9-11H,3-8,21H2,1-2H3,(H,22,24)(H,23,25). The van der Waals surface area contributed by atoms with Gasteiger partial charge in [0, 0.05) is 20.2 Å². The molecule has 1 amide bonds. The molecule has 4 N–H and O–H groups in total. The number of aromatic nitrogens is 1. The normalized spacial score (nSPS) is 20.2. The zero-order valence-corrected chi connectivity index (χ0v) is 15.4. The predicted molar refractivity (Wildman–Crippen MR) is 94.8 cm³/mol. The first-order chi connectivity index (χ1) is 12.8. The van der Waals surface area contributed by atoms with Gasteiger partial charge in [-0.3, -0.25) is 4.79 Å². The second-order valence-corrected chi connectivity index (χ2v) is 6.43. The first-order valence-corrected chi connectivity index (χ1v) is 8.73. The molecule has 0 radical (unpaired) electrons. The van der Waals surface area contributed by atoms with Gasteiger partial charge in [-0.15, -0.1) is 0 Å². The van der Waals surface area contributed by atoms with Gasteiger partial charge in [-0.05, 0) is 31.7 Å². The summed E-state index contributed by atoms with van der Waals surface area (Å²) in [5.41, 5.74) is 6.29. The van der Waals surface area contributed by atoms with Crippen LogP contribution in [0.4, 0.5) is 24.7 Å². The maximum Gasteiger partial charge on any atom is 0.391 e. The van der Waals surface area contributed by atoms with E-state index >= 15 is 0 Å². The van der Waals surface area contributed by atoms with E-state index in [-0.39, 0.29) is 55.5 Å². The van der Waals surface area contributed by atoms with Crippen molar-refractivity contribution in [1.82, 2.24) is 10.3 Å². The van der Waals surface area contributed by atoms with Crippen molar-refractivity contribution in [1.29, 1.82) is 0 Å². The van der Waals surface area contributed by atoms with Crippen LogP contribution in [0.1, 0.15) is 36.0 Å². The number of nitrogens with one attached hydrogen (secondary N) is 2. The number of nitrogens with zero attached hydrogens (tertiary/aromatic N) is 1. The third-order valence-electron chi connectivity index (χ3n) is 4.55. The summed E-state index contributed by atoms with van der Waals surface area (Å²) in [6, 6.07) is 1.12. The predicted octanol–water partition coefficient (Wildman–Crippen LogP) is 2.58. The Morgan fingerprint density at radius 1 is 1.30 bits per heavy atom. The minimum Gasteiger partial charge on any atom is -0.475 e. The molecule has 1 saturated carbocycles. The third kappa shape index (κ3) is 5.62. The van der Waals surface area contributed by atoms with Gasteiger partial charge in [-0.1, -0.05) is 0 Å². The van der Waals surface area contributed by atoms with Crippen molar-refractivity contribution in [2.45, 2.75) is 37.9 Å². The number of alkyl halides is 3. The quantitative estimate of drug-likeness (QED) is 0.619. The van der Waals surface area contributed by atoms with E-state index in [9.17, 15) is 18.0 Å². The lowest BCUT2D eigenvalue weighted by Gasteiger charge is -2.30. The SMILES string of the molecule is CNc1nc(OCCOC)c(C(=O)NC2CCC(C(F)(F)F)CC2)cc1N. The van der Waals surface area contributed by atoms with Crippen molar-refractivity contribution in [3.63, 3.8) is 0 Å². The Labute approximate surface area is 155 Å². The van der Waals surface area contributed by atoms with Gasteiger partial charge in [0.1, 0.15) is 12.2 Å². The molecule has 2 rings (SSSR count). The van der Waals surface area contributed by atoms with Crippen molar-refractivity contribution in [2.24, 2.45) is 5.92 Å². The highest BCUT2D eigenvalue weighted by atomic mass is 19.4. The molecule has 1 aliphatic carbocycles. The van der Waals surface area contributed by atoms with E-state index in [0.29, 0.717) is 12.4 Å². The maximum absolute atomic E-state index is 12.8. The van der Waals surface area contributed by atoms with Crippen LogP contribution in [0.3, 0.4) is 0 Å². The van der Waals surface area contributed by atoms with Gasteiger partial charge in [0.05, 0.1) is 18.2 Å². The lowest BCUT2D eigenvalue weighted by atomic mass is 9.85. The van der Waals surface area contributed by atoms with Crippen molar-refractivity contribution in [2.75, 3.05) is 38.4 Å². The van der Waals surface area contributed by atoms with Crippen molar-refractivity contribution in [3.8, 4) is 5.88 Å². The number of amides is 1. The van der Waals surface area contributed by atoms with Gasteiger partial charge >= 0.3 is 6.18 Å². The number of methoxy groups -OCH3 is 1. The number of hydrogen-bond donors (Lipinski definition) is 3. The fourth-order valence-electron chi connectivity index (χ4n) is 3.03. The number of rotatable bonds is 7. The summed E-state index contributed by atoms with van der Waals surface area (Å²) >= 11 is 0. The Morgan fingerprint density at radius 2 is 1.96 bits per heavy atom. The molecule has 27 heavy (non-hydrogen) atoms. The van der Waals surface area contributed by atoms with Gasteiger partial charge in [0.25, 0.3) is 5.91 Å². The van der Waals surface area contributed by atoms with Crippen LogP contribution >= 0.6 is 0 Å². The minimum absolute atomic E-state index is 0.00469. The van der Waals surface area contributed by atoms with E-state index in [4.69, 9.17) is 15.2 Å². The Balaban J connectivity index is 2.07. The van der Waals surface area contributed by atoms with Crippen LogP contribution in [0.25, 0.3) is 0 Å². The summed E-state index contributed by atoms with van der Waals surface area (Å²) in [4.78, 5) is 16.8. The van der Waals surface area contributed by atoms with Crippen LogP contribution in [0.2, 0.25) is 0 Å². The van der Waals surface area contributed by atoms with E-state index in [1.807, 2.05) is 0 Å². The smallest absolute Gasteiger partial charge is 0.391 e. The van der Waals surface area contributed by atoms with Crippen LogP contribution < -0.4 is 21.1 Å². The fraction of sp³-hybridized carbons (Fsp3) is 0.647. The van der Waals surface area contributed by atoms with Crippen LogP contribution in [-0.4, -0.2) is 50.5 Å². The second kappa shape index (κ2) is 9.12. The lowest BCUT2D eigenvalue weighted by molar-refractivity contribution is -0.182. The summed E-state index contributed by atoms with van der Waals surface area (Å²) < 4.78 is 48.7. The lowest BCUT2D eigenvalue weighted by Crippen LogP contribution is -2.40. The van der Waals surface area contributed by atoms with Crippen molar-refractivity contribution < 1.29 is 27.4 Å². The summed E-state index contributed by atoms with van der Waals surface area (Å²) in [5.74, 6) is -1.32. The number of hydrogen-bond acceptors (Lipinski definition) is 6. The summed E-state index contributed by atoms with van der Waals surface area (Å²) in [6.07, 6.45) is -3.63. The molecule has 0 aromatic carbocycles. The zero-order valence-electron chi connectivity index (χ0n) is 15.4. The van der Waals surface area contributed by atoms with E-state index < -0.39 is 18.0 Å². The first-order valence-electron chi connectivity index (χ1n) is 8.73. The van der Waals surface area contributed by atoms with Crippen LogP contribution in [0, 0.1) is 5.92 Å². The molecule has 0 saturated heterocycles. The fourth-order valence-corrected chi connectivity index (χ4v) is 3.03. The Bertz CT molecular complexity index is 647. The summed E-state index contributed by atoms with van der Waals surface area (Å²) in [7, 11) is 3.15. The molecule has 152 valence electrons. The van der Waals surface area contributed by atoms with Crippen LogP contribution in [-0.2, 0) is 4.74 Å². The number of halogens is 3. The molecule has 0 spiro atoms. The zero-order chi connectivity index (χ0) is 20.0. The topological polar surface area (TPSA) is 98.5 Å². The number of ether oxygens (including phenoxy) is 2. The highest BCUT2D eigenvalue weighted by Crippen LogP contribution is 2.37. The van der Waals surface area contributed by atoms with Gasteiger partial charge in [0.15, 0.2) is 5.82 Å². The molecular weight excluding hydrogens is 365 g/mol. The van der Waals surface area contributed by atoms with Gasteiger partial charge in [-0.25, -0.2) is 0 Å². The number of nitrogens with two attached hydrogens (primary N) is 1. The Hall–Kier alpha value is -2.23. The Morgan fingerprint density at radius 3 is 2.52 bits per heavy atom. The van der Waals surface area contributed by atoms with Gasteiger partial charge in [0.2, 0.25) is 5.88 Å². The number of pyridine rings is 1. The highest BCUT2D eigenvalue weighted by Gasteiger charge is 2.41. The molecule has 1 aliphatic rings. The van der Waals surface area contributed by atoms with Crippen LogP contribution in [0.15, 0.2) is 6.07 Å². The molecule has 1 aromatic rings. The summed E-state index contributed by atoms with van der Waals surface area (Å²) in [5, 5.41) is 5.58. The van der Waals surface area contributed by atoms with E-state index in [2.05, 4.69) is 15.6 Å². The second-order valence-electron chi connectivity index (χ2n) is 6.43. The average Bonchev–Trinajstić information content (AvgIpc) is 2.62. The van der Waals surface area contributed by atoms with E-state index in [1.165, 1.54) is 13.2 Å². The Kier molecular flexibility index (Phi) is 7.11. The monoisotopic (exact) mass is 390 g/mol. The molecule has 0 atom stereocenters. The third-order valence-corrected chi connectivity index (χ3v) is 4.55. The first kappa shape index (κ1) is 21.1. The number of carbonyl (C=O) groups is 1. The van der Waals surface area contributed by atoms with E-state index in [1.54, 1.807) is 7.05 Å². The maximum atomic E-state index is 12.8. The molecule has 7 nitrogen and oxygen atoms in total. The molecule has 0 unspecified atom stereocenters. The van der Waals surface area contributed by atoms with Crippen molar-refractivity contribution >= 4 is 17.4 Å². The molecule has 0 aliphatic heterocycles. The van der Waals surface area contributed by atoms with Crippen molar-refractivity contribution in [3.05, 3.63) is 11.6 Å². The molecule has 10 heteroatoms. The largest absolute Gasteiger partial charge is 0.475 e. The van der Waals surface area contributed by atoms with Gasteiger partial charge < -0.3 is 25.8 Å². The number of anilines is 2. The highest BCUT2D eigenvalue weighted by molar-refractivity contribution is 5.98. The average molecular weight is 390 g/mol. The number of carbonyl (C=O) groups excluding carboxylic acids is 1. The molecule has 1 heterocycles. The van der Waals surface area contributed by atoms with E-state index in [0.717, 1.165) is 0 Å². The number of nitrogen functional groups attached to an aromatic ring is 1. The molecular formula is C17H25F3N4O3. The molecule has 0 bridgehead atoms. The van der Waals surface area contributed by atoms with Crippen LogP contribution in [0.5, 0.6) is 5.88 Å². The molecule has 1 fully saturated rings.